The van der Waals surface area contributed by atoms with E-state index in [1.807, 2.05) is 18.4 Å². The van der Waals surface area contributed by atoms with Gasteiger partial charge in [0.1, 0.15) is 6.10 Å². The van der Waals surface area contributed by atoms with Crippen molar-refractivity contribution in [2.24, 2.45) is 0 Å². The highest BCUT2D eigenvalue weighted by molar-refractivity contribution is 7.07. The molecule has 1 aromatic heterocycles. The minimum absolute atomic E-state index is 0.160. The van der Waals surface area contributed by atoms with Crippen LogP contribution in [0.5, 0.6) is 0 Å². The van der Waals surface area contributed by atoms with Crippen molar-refractivity contribution in [1.29, 1.82) is 0 Å². The molecule has 2 unspecified atom stereocenters. The van der Waals surface area contributed by atoms with Crippen molar-refractivity contribution < 1.29 is 18.3 Å². The van der Waals surface area contributed by atoms with E-state index in [1.165, 1.54) is 5.56 Å². The Labute approximate surface area is 108 Å². The van der Waals surface area contributed by atoms with Gasteiger partial charge in [0.25, 0.3) is 0 Å². The maximum absolute atomic E-state index is 12.9. The van der Waals surface area contributed by atoms with Gasteiger partial charge < -0.3 is 10.1 Å². The van der Waals surface area contributed by atoms with Gasteiger partial charge in [0.05, 0.1) is 6.42 Å². The monoisotopic (exact) mass is 275 g/mol. The summed E-state index contributed by atoms with van der Waals surface area (Å²) < 4.78 is 30.4. The lowest BCUT2D eigenvalue weighted by Crippen LogP contribution is -2.35. The first-order valence-corrected chi connectivity index (χ1v) is 6.75. The summed E-state index contributed by atoms with van der Waals surface area (Å²) in [7, 11) is 0. The molecular weight excluding hydrogens is 260 g/mol. The molecule has 0 amide bonds. The van der Waals surface area contributed by atoms with Gasteiger partial charge in [0, 0.05) is 12.6 Å². The minimum Gasteiger partial charge on any atom is -0.456 e. The van der Waals surface area contributed by atoms with Crippen LogP contribution in [0.15, 0.2) is 16.8 Å². The molecule has 0 bridgehead atoms. The zero-order valence-corrected chi connectivity index (χ0v) is 10.8. The molecule has 2 atom stereocenters. The highest BCUT2D eigenvalue weighted by Crippen LogP contribution is 2.30. The summed E-state index contributed by atoms with van der Waals surface area (Å²) in [6, 6.07) is 2.19. The third-order valence-electron chi connectivity index (χ3n) is 2.87. The van der Waals surface area contributed by atoms with E-state index in [-0.39, 0.29) is 12.6 Å². The Hall–Kier alpha value is -1.01. The average Bonchev–Trinajstić information content (AvgIpc) is 2.85. The van der Waals surface area contributed by atoms with E-state index in [1.54, 1.807) is 11.3 Å². The molecule has 1 aromatic rings. The van der Waals surface area contributed by atoms with Crippen LogP contribution in [-0.2, 0) is 16.0 Å². The second-order valence-electron chi connectivity index (χ2n) is 4.58. The Morgan fingerprint density at radius 2 is 2.44 bits per heavy atom. The summed E-state index contributed by atoms with van der Waals surface area (Å²) in [6.45, 7) is 2.25. The molecule has 2 heterocycles. The maximum Gasteiger partial charge on any atom is 0.377 e. The number of hydrogen-bond donors (Lipinski definition) is 1. The highest BCUT2D eigenvalue weighted by Gasteiger charge is 2.50. The summed E-state index contributed by atoms with van der Waals surface area (Å²) >= 11 is 1.63. The standard InChI is InChI=1S/C12H15F2NO2S/c1-8(4-9-2-3-18-7-9)15-6-10-5-12(13,14)11(16)17-10/h2-3,7-8,10,15H,4-6H2,1H3. The smallest absolute Gasteiger partial charge is 0.377 e. The third-order valence-corrected chi connectivity index (χ3v) is 3.60. The van der Waals surface area contributed by atoms with E-state index in [0.29, 0.717) is 0 Å². The lowest BCUT2D eigenvalue weighted by atomic mass is 10.1. The van der Waals surface area contributed by atoms with Gasteiger partial charge >= 0.3 is 11.9 Å². The first-order chi connectivity index (χ1) is 8.47. The first-order valence-electron chi connectivity index (χ1n) is 5.81. The number of nitrogens with one attached hydrogen (secondary N) is 1. The van der Waals surface area contributed by atoms with Crippen LogP contribution in [0.2, 0.25) is 0 Å². The molecule has 1 aliphatic rings. The van der Waals surface area contributed by atoms with E-state index in [2.05, 4.69) is 15.4 Å². The summed E-state index contributed by atoms with van der Waals surface area (Å²) in [6.07, 6.45) is -0.415. The molecule has 1 saturated heterocycles. The Kier molecular flexibility index (Phi) is 3.97. The molecule has 3 nitrogen and oxygen atoms in total. The Bertz CT molecular complexity index is 408. The minimum atomic E-state index is -3.32. The molecule has 18 heavy (non-hydrogen) atoms. The normalized spacial score (nSPS) is 23.9. The molecule has 0 aliphatic carbocycles. The van der Waals surface area contributed by atoms with Gasteiger partial charge in [-0.3, -0.25) is 0 Å². The highest BCUT2D eigenvalue weighted by atomic mass is 32.1. The second-order valence-corrected chi connectivity index (χ2v) is 5.36. The quantitative estimate of drug-likeness (QED) is 0.837. The Morgan fingerprint density at radius 1 is 1.67 bits per heavy atom. The van der Waals surface area contributed by atoms with Crippen molar-refractivity contribution in [1.82, 2.24) is 5.32 Å². The van der Waals surface area contributed by atoms with Gasteiger partial charge in [0.15, 0.2) is 0 Å². The number of esters is 1. The van der Waals surface area contributed by atoms with E-state index in [0.717, 1.165) is 6.42 Å². The SMILES string of the molecule is CC(Cc1ccsc1)NCC1CC(F)(F)C(=O)O1. The molecule has 0 spiro atoms. The zero-order chi connectivity index (χ0) is 13.2. The zero-order valence-electron chi connectivity index (χ0n) is 9.99. The fourth-order valence-corrected chi connectivity index (χ4v) is 2.61. The van der Waals surface area contributed by atoms with E-state index < -0.39 is 24.4 Å². The van der Waals surface area contributed by atoms with Crippen LogP contribution in [0.4, 0.5) is 8.78 Å². The summed E-state index contributed by atoms with van der Waals surface area (Å²) in [5, 5.41) is 7.17. The van der Waals surface area contributed by atoms with Crippen molar-refractivity contribution >= 4 is 17.3 Å². The number of carbonyl (C=O) groups is 1. The van der Waals surface area contributed by atoms with E-state index >= 15 is 0 Å². The van der Waals surface area contributed by atoms with Gasteiger partial charge in [-0.05, 0) is 35.7 Å². The molecule has 6 heteroatoms. The number of halogens is 2. The van der Waals surface area contributed by atoms with Crippen LogP contribution < -0.4 is 5.32 Å². The maximum atomic E-state index is 12.9. The van der Waals surface area contributed by atoms with E-state index in [9.17, 15) is 13.6 Å². The van der Waals surface area contributed by atoms with Crippen LogP contribution in [0, 0.1) is 0 Å². The van der Waals surface area contributed by atoms with Gasteiger partial charge in [0.2, 0.25) is 0 Å². The number of rotatable bonds is 5. The number of cyclic esters (lactones) is 1. The fourth-order valence-electron chi connectivity index (χ4n) is 1.93. The van der Waals surface area contributed by atoms with Gasteiger partial charge in [-0.1, -0.05) is 0 Å². The number of thiophene rings is 1. The van der Waals surface area contributed by atoms with Crippen LogP contribution in [0.1, 0.15) is 18.9 Å². The van der Waals surface area contributed by atoms with Gasteiger partial charge in [-0.2, -0.15) is 20.1 Å². The van der Waals surface area contributed by atoms with Crippen molar-refractivity contribution in [2.45, 2.75) is 37.8 Å². The lowest BCUT2D eigenvalue weighted by molar-refractivity contribution is -0.159. The third kappa shape index (κ3) is 3.26. The first kappa shape index (κ1) is 13.4. The molecule has 0 radical (unpaired) electrons. The molecule has 1 fully saturated rings. The molecular formula is C12H15F2NO2S. The van der Waals surface area contributed by atoms with Crippen molar-refractivity contribution in [3.63, 3.8) is 0 Å². The number of ether oxygens (including phenoxy) is 1. The second kappa shape index (κ2) is 5.32. The van der Waals surface area contributed by atoms with Crippen LogP contribution >= 0.6 is 11.3 Å². The van der Waals surface area contributed by atoms with Gasteiger partial charge in [-0.25, -0.2) is 4.79 Å². The molecule has 0 aromatic carbocycles. The van der Waals surface area contributed by atoms with Crippen molar-refractivity contribution in [3.05, 3.63) is 22.4 Å². The molecule has 1 N–H and O–H groups in total. The van der Waals surface area contributed by atoms with Crippen molar-refractivity contribution in [2.75, 3.05) is 6.54 Å². The summed E-state index contributed by atoms with van der Waals surface area (Å²) in [5.41, 5.74) is 1.22. The van der Waals surface area contributed by atoms with Crippen LogP contribution in [0.25, 0.3) is 0 Å². The Morgan fingerprint density at radius 3 is 3.00 bits per heavy atom. The lowest BCUT2D eigenvalue weighted by Gasteiger charge is -2.15. The van der Waals surface area contributed by atoms with Crippen LogP contribution in [-0.4, -0.2) is 30.6 Å². The van der Waals surface area contributed by atoms with Gasteiger partial charge in [-0.15, -0.1) is 0 Å². The molecule has 1 aliphatic heterocycles. The summed E-state index contributed by atoms with van der Waals surface area (Å²) in [4.78, 5) is 10.8. The molecule has 0 saturated carbocycles. The number of alkyl halides is 2. The molecule has 100 valence electrons. The largest absolute Gasteiger partial charge is 0.456 e. The van der Waals surface area contributed by atoms with Crippen LogP contribution in [0.3, 0.4) is 0 Å². The number of carbonyl (C=O) groups excluding carboxylic acids is 1. The predicted octanol–water partition coefficient (Wildman–Crippen LogP) is 2.22. The number of hydrogen-bond acceptors (Lipinski definition) is 4. The Balaban J connectivity index is 1.74. The topological polar surface area (TPSA) is 38.3 Å². The summed E-state index contributed by atoms with van der Waals surface area (Å²) in [5.74, 6) is -4.72. The predicted molar refractivity (Wildman–Crippen MR) is 64.9 cm³/mol. The average molecular weight is 275 g/mol. The van der Waals surface area contributed by atoms with Crippen molar-refractivity contribution in [3.8, 4) is 0 Å². The molecule has 2 rings (SSSR count). The fraction of sp³-hybridized carbons (Fsp3) is 0.583. The van der Waals surface area contributed by atoms with E-state index in [4.69, 9.17) is 0 Å².